The molecule has 1 aromatic carbocycles. The average molecular weight is 376 g/mol. The first-order valence-electron chi connectivity index (χ1n) is 8.65. The maximum atomic E-state index is 11.7. The molecule has 9 heteroatoms. The first-order chi connectivity index (χ1) is 12.4. The Morgan fingerprint density at radius 2 is 1.88 bits per heavy atom. The molecule has 2 aromatic rings. The van der Waals surface area contributed by atoms with Gasteiger partial charge in [0.15, 0.2) is 9.84 Å². The van der Waals surface area contributed by atoms with Crippen molar-refractivity contribution >= 4 is 32.0 Å². The van der Waals surface area contributed by atoms with Crippen molar-refractivity contribution in [1.29, 1.82) is 0 Å². The van der Waals surface area contributed by atoms with E-state index >= 15 is 0 Å². The standard InChI is InChI=1S/C17H20N4O4S/c22-21(23)17-2-1-16(14-3-5-18-11-15(14)17)20-8-6-19(7-9-20)13-4-10-26(24,25)12-13/h1-3,5,11,13H,4,6-10,12H2. The van der Waals surface area contributed by atoms with Gasteiger partial charge in [0.1, 0.15) is 0 Å². The molecule has 2 aliphatic rings. The summed E-state index contributed by atoms with van der Waals surface area (Å²) in [5.74, 6) is 0.553. The summed E-state index contributed by atoms with van der Waals surface area (Å²) < 4.78 is 23.4. The molecule has 4 rings (SSSR count). The van der Waals surface area contributed by atoms with Gasteiger partial charge < -0.3 is 4.90 Å². The van der Waals surface area contributed by atoms with Gasteiger partial charge in [-0.3, -0.25) is 20.0 Å². The smallest absolute Gasteiger partial charge is 0.278 e. The van der Waals surface area contributed by atoms with Crippen LogP contribution in [0.3, 0.4) is 0 Å². The summed E-state index contributed by atoms with van der Waals surface area (Å²) in [5.41, 5.74) is 1.03. The van der Waals surface area contributed by atoms with Gasteiger partial charge in [0.2, 0.25) is 0 Å². The zero-order valence-electron chi connectivity index (χ0n) is 14.2. The van der Waals surface area contributed by atoms with Gasteiger partial charge in [-0.2, -0.15) is 0 Å². The van der Waals surface area contributed by atoms with Gasteiger partial charge in [0, 0.05) is 61.8 Å². The molecule has 0 amide bonds. The molecule has 8 nitrogen and oxygen atoms in total. The van der Waals surface area contributed by atoms with Gasteiger partial charge in [0.05, 0.1) is 21.8 Å². The molecule has 0 radical (unpaired) electrons. The topological polar surface area (TPSA) is 96.6 Å². The van der Waals surface area contributed by atoms with Crippen LogP contribution >= 0.6 is 0 Å². The lowest BCUT2D eigenvalue weighted by molar-refractivity contribution is -0.383. The Labute approximate surface area is 151 Å². The molecule has 0 aliphatic carbocycles. The van der Waals surface area contributed by atoms with Crippen LogP contribution in [0.1, 0.15) is 6.42 Å². The number of non-ortho nitro benzene ring substituents is 1. The molecule has 2 aliphatic heterocycles. The van der Waals surface area contributed by atoms with E-state index in [2.05, 4.69) is 14.8 Å². The number of nitrogens with zero attached hydrogens (tertiary/aromatic N) is 4. The monoisotopic (exact) mass is 376 g/mol. The zero-order chi connectivity index (χ0) is 18.3. The third kappa shape index (κ3) is 3.12. The minimum absolute atomic E-state index is 0.0617. The SMILES string of the molecule is O=[N+]([O-])c1ccc(N2CCN(C3CCS(=O)(=O)C3)CC2)c2ccncc12. The quantitative estimate of drug-likeness (QED) is 0.591. The molecule has 0 spiro atoms. The van der Waals surface area contributed by atoms with Gasteiger partial charge >= 0.3 is 0 Å². The number of aromatic nitrogens is 1. The fraction of sp³-hybridized carbons (Fsp3) is 0.471. The van der Waals surface area contributed by atoms with Crippen molar-refractivity contribution in [1.82, 2.24) is 9.88 Å². The Bertz CT molecular complexity index is 954. The van der Waals surface area contributed by atoms with E-state index in [1.54, 1.807) is 12.3 Å². The Morgan fingerprint density at radius 1 is 1.12 bits per heavy atom. The highest BCUT2D eigenvalue weighted by molar-refractivity contribution is 7.91. The van der Waals surface area contributed by atoms with Gasteiger partial charge in [-0.05, 0) is 18.6 Å². The molecule has 0 N–H and O–H groups in total. The Balaban J connectivity index is 1.55. The van der Waals surface area contributed by atoms with Crippen LogP contribution in [0.2, 0.25) is 0 Å². The van der Waals surface area contributed by atoms with E-state index in [0.717, 1.165) is 37.3 Å². The number of nitro benzene ring substituents is 1. The molecule has 2 fully saturated rings. The number of benzene rings is 1. The average Bonchev–Trinajstić information content (AvgIpc) is 3.00. The molecule has 0 bridgehead atoms. The lowest BCUT2D eigenvalue weighted by Crippen LogP contribution is -2.50. The largest absolute Gasteiger partial charge is 0.368 e. The van der Waals surface area contributed by atoms with E-state index in [1.807, 2.05) is 6.07 Å². The van der Waals surface area contributed by atoms with Crippen LogP contribution in [0, 0.1) is 10.1 Å². The first kappa shape index (κ1) is 17.2. The second kappa shape index (κ2) is 6.48. The number of hydrogen-bond acceptors (Lipinski definition) is 7. The summed E-state index contributed by atoms with van der Waals surface area (Å²) in [6.45, 7) is 3.13. The third-order valence-electron chi connectivity index (χ3n) is 5.35. The normalized spacial score (nSPS) is 23.4. The van der Waals surface area contributed by atoms with Crippen LogP contribution in [-0.4, -0.2) is 67.0 Å². The molecule has 1 unspecified atom stereocenters. The predicted octanol–water partition coefficient (Wildman–Crippen LogP) is 1.45. The van der Waals surface area contributed by atoms with Crippen molar-refractivity contribution in [3.05, 3.63) is 40.7 Å². The molecule has 1 atom stereocenters. The van der Waals surface area contributed by atoms with E-state index in [0.29, 0.717) is 11.8 Å². The van der Waals surface area contributed by atoms with E-state index in [9.17, 15) is 18.5 Å². The van der Waals surface area contributed by atoms with Crippen molar-refractivity contribution in [2.24, 2.45) is 0 Å². The number of rotatable bonds is 3. The minimum atomic E-state index is -2.88. The van der Waals surface area contributed by atoms with Gasteiger partial charge in [0.25, 0.3) is 5.69 Å². The Morgan fingerprint density at radius 3 is 2.54 bits per heavy atom. The van der Waals surface area contributed by atoms with Crippen LogP contribution in [0.4, 0.5) is 11.4 Å². The van der Waals surface area contributed by atoms with E-state index in [4.69, 9.17) is 0 Å². The van der Waals surface area contributed by atoms with Gasteiger partial charge in [-0.1, -0.05) is 0 Å². The summed E-state index contributed by atoms with van der Waals surface area (Å²) in [4.78, 5) is 19.4. The second-order valence-electron chi connectivity index (χ2n) is 6.86. The zero-order valence-corrected chi connectivity index (χ0v) is 15.1. The highest BCUT2D eigenvalue weighted by Crippen LogP contribution is 2.33. The second-order valence-corrected chi connectivity index (χ2v) is 9.09. The summed E-state index contributed by atoms with van der Waals surface area (Å²) in [7, 11) is -2.88. The van der Waals surface area contributed by atoms with Crippen molar-refractivity contribution in [3.8, 4) is 0 Å². The number of nitro groups is 1. The maximum absolute atomic E-state index is 11.7. The maximum Gasteiger partial charge on any atom is 0.278 e. The summed E-state index contributed by atoms with van der Waals surface area (Å²) >= 11 is 0. The molecule has 0 saturated carbocycles. The molecule has 138 valence electrons. The molecular formula is C17H20N4O4S. The van der Waals surface area contributed by atoms with Crippen molar-refractivity contribution < 1.29 is 13.3 Å². The Hall–Kier alpha value is -2.26. The molecule has 26 heavy (non-hydrogen) atoms. The summed E-state index contributed by atoms with van der Waals surface area (Å²) in [5, 5.41) is 12.6. The highest BCUT2D eigenvalue weighted by Gasteiger charge is 2.34. The van der Waals surface area contributed by atoms with Crippen LogP contribution in [0.25, 0.3) is 10.8 Å². The summed E-state index contributed by atoms with van der Waals surface area (Å²) in [6.07, 6.45) is 3.90. The van der Waals surface area contributed by atoms with Crippen LogP contribution < -0.4 is 4.90 Å². The lowest BCUT2D eigenvalue weighted by Gasteiger charge is -2.39. The summed E-state index contributed by atoms with van der Waals surface area (Å²) in [6, 6.07) is 5.28. The van der Waals surface area contributed by atoms with E-state index in [1.165, 1.54) is 12.3 Å². The van der Waals surface area contributed by atoms with Crippen LogP contribution in [0.5, 0.6) is 0 Å². The number of sulfone groups is 1. The number of piperazine rings is 1. The number of fused-ring (bicyclic) bond motifs is 1. The van der Waals surface area contributed by atoms with Crippen molar-refractivity contribution in [2.45, 2.75) is 12.5 Å². The number of anilines is 1. The van der Waals surface area contributed by atoms with Crippen molar-refractivity contribution in [2.75, 3.05) is 42.6 Å². The fourth-order valence-corrected chi connectivity index (χ4v) is 5.75. The number of hydrogen-bond donors (Lipinski definition) is 0. The third-order valence-corrected chi connectivity index (χ3v) is 7.10. The van der Waals surface area contributed by atoms with Gasteiger partial charge in [-0.25, -0.2) is 8.42 Å². The fourth-order valence-electron chi connectivity index (χ4n) is 3.99. The Kier molecular flexibility index (Phi) is 4.28. The molecule has 2 saturated heterocycles. The number of pyridine rings is 1. The molecular weight excluding hydrogens is 356 g/mol. The first-order valence-corrected chi connectivity index (χ1v) is 10.5. The van der Waals surface area contributed by atoms with E-state index < -0.39 is 9.84 Å². The van der Waals surface area contributed by atoms with Crippen LogP contribution in [0.15, 0.2) is 30.6 Å². The highest BCUT2D eigenvalue weighted by atomic mass is 32.2. The predicted molar refractivity (Wildman–Crippen MR) is 99.2 cm³/mol. The molecule has 1 aromatic heterocycles. The van der Waals surface area contributed by atoms with Crippen molar-refractivity contribution in [3.63, 3.8) is 0 Å². The molecule has 3 heterocycles. The van der Waals surface area contributed by atoms with E-state index in [-0.39, 0.29) is 28.2 Å². The van der Waals surface area contributed by atoms with Gasteiger partial charge in [-0.15, -0.1) is 0 Å². The minimum Gasteiger partial charge on any atom is -0.368 e. The van der Waals surface area contributed by atoms with Crippen LogP contribution in [-0.2, 0) is 9.84 Å². The lowest BCUT2D eigenvalue weighted by atomic mass is 10.1.